The van der Waals surface area contributed by atoms with Crippen molar-refractivity contribution in [2.45, 2.75) is 55.4 Å². The van der Waals surface area contributed by atoms with Crippen LogP contribution in [-0.4, -0.2) is 8.07 Å². The predicted molar refractivity (Wildman–Crippen MR) is 221 cm³/mol. The summed E-state index contributed by atoms with van der Waals surface area (Å²) < 4.78 is 0. The van der Waals surface area contributed by atoms with Gasteiger partial charge in [0.15, 0.2) is 8.07 Å². The van der Waals surface area contributed by atoms with Crippen molar-refractivity contribution in [3.63, 3.8) is 0 Å². The van der Waals surface area contributed by atoms with Gasteiger partial charge in [-0.25, -0.2) is 0 Å². The summed E-state index contributed by atoms with van der Waals surface area (Å²) in [7, 11) is -2.45. The lowest BCUT2D eigenvalue weighted by atomic mass is 9.64. The Morgan fingerprint density at radius 1 is 0.423 bits per heavy atom. The lowest BCUT2D eigenvalue weighted by Crippen LogP contribution is -2.72. The first-order valence-corrected chi connectivity index (χ1v) is 21.2. The zero-order valence-corrected chi connectivity index (χ0v) is 31.1. The smallest absolute Gasteiger partial charge is 0.0624 e. The Balaban J connectivity index is 1.21. The number of rotatable bonds is 5. The molecule has 0 N–H and O–H groups in total. The summed E-state index contributed by atoms with van der Waals surface area (Å²) in [5.41, 5.74) is 12.0. The first-order chi connectivity index (χ1) is 25.5. The van der Waals surface area contributed by atoms with Crippen LogP contribution in [0.3, 0.4) is 0 Å². The summed E-state index contributed by atoms with van der Waals surface area (Å²) in [4.78, 5) is 0. The van der Waals surface area contributed by atoms with Gasteiger partial charge in [-0.3, -0.25) is 0 Å². The average molecular weight is 685 g/mol. The van der Waals surface area contributed by atoms with Gasteiger partial charge >= 0.3 is 0 Å². The van der Waals surface area contributed by atoms with E-state index in [1.807, 2.05) is 0 Å². The van der Waals surface area contributed by atoms with E-state index >= 15 is 0 Å². The largest absolute Gasteiger partial charge is 0.155 e. The molecular formula is C51H44Si. The summed E-state index contributed by atoms with van der Waals surface area (Å²) in [6.45, 7) is 5.31. The van der Waals surface area contributed by atoms with Crippen LogP contribution in [0.25, 0.3) is 22.3 Å². The van der Waals surface area contributed by atoms with E-state index in [9.17, 15) is 0 Å². The molecule has 0 saturated heterocycles. The Kier molecular flexibility index (Phi) is 7.05. The van der Waals surface area contributed by atoms with Gasteiger partial charge in [-0.1, -0.05) is 203 Å². The minimum atomic E-state index is -2.45. The second kappa shape index (κ2) is 11.6. The second-order valence-electron chi connectivity index (χ2n) is 15.9. The molecule has 0 nitrogen and oxygen atoms in total. The molecule has 1 saturated carbocycles. The van der Waals surface area contributed by atoms with E-state index in [0.717, 1.165) is 0 Å². The summed E-state index contributed by atoms with van der Waals surface area (Å²) in [5, 5.41) is 4.88. The van der Waals surface area contributed by atoms with Crippen molar-refractivity contribution < 1.29 is 0 Å². The van der Waals surface area contributed by atoms with Crippen molar-refractivity contribution >= 4 is 23.6 Å². The molecule has 0 amide bonds. The highest BCUT2D eigenvalue weighted by Crippen LogP contribution is 2.65. The van der Waals surface area contributed by atoms with Crippen molar-refractivity contribution in [2.24, 2.45) is 0 Å². The van der Waals surface area contributed by atoms with Crippen LogP contribution in [0.1, 0.15) is 67.3 Å². The average Bonchev–Trinajstić information content (AvgIpc) is 3.61. The molecule has 0 radical (unpaired) electrons. The summed E-state index contributed by atoms with van der Waals surface area (Å²) in [6, 6.07) is 69.6. The molecule has 1 aliphatic heterocycles. The fourth-order valence-corrected chi connectivity index (χ4v) is 18.4. The molecule has 0 aromatic heterocycles. The van der Waals surface area contributed by atoms with Crippen LogP contribution in [0.4, 0.5) is 0 Å². The van der Waals surface area contributed by atoms with E-state index in [1.165, 1.54) is 70.2 Å². The summed E-state index contributed by atoms with van der Waals surface area (Å²) in [6.07, 6.45) is 5.10. The molecule has 7 aromatic carbocycles. The Bertz CT molecular complexity index is 2350. The monoisotopic (exact) mass is 684 g/mol. The molecule has 2 aliphatic carbocycles. The van der Waals surface area contributed by atoms with E-state index in [1.54, 1.807) is 21.1 Å². The van der Waals surface area contributed by atoms with Crippen molar-refractivity contribution in [3.8, 4) is 22.3 Å². The molecule has 2 unspecified atom stereocenters. The van der Waals surface area contributed by atoms with E-state index in [2.05, 4.69) is 196 Å². The third kappa shape index (κ3) is 3.98. The number of benzene rings is 7. The van der Waals surface area contributed by atoms with Gasteiger partial charge < -0.3 is 0 Å². The minimum Gasteiger partial charge on any atom is -0.0624 e. The maximum Gasteiger partial charge on any atom is 0.155 e. The Labute approximate surface area is 309 Å². The third-order valence-electron chi connectivity index (χ3n) is 13.9. The normalized spacial score (nSPS) is 21.8. The minimum absolute atomic E-state index is 0.0909. The molecule has 10 rings (SSSR count). The molecule has 1 heterocycles. The van der Waals surface area contributed by atoms with Crippen LogP contribution >= 0.6 is 0 Å². The van der Waals surface area contributed by atoms with Crippen LogP contribution in [0.2, 0.25) is 5.04 Å². The van der Waals surface area contributed by atoms with Crippen molar-refractivity contribution in [1.82, 2.24) is 0 Å². The molecule has 0 bridgehead atoms. The first-order valence-electron chi connectivity index (χ1n) is 19.2. The molecular weight excluding hydrogens is 641 g/mol. The van der Waals surface area contributed by atoms with Gasteiger partial charge in [0.2, 0.25) is 0 Å². The second-order valence-corrected chi connectivity index (χ2v) is 20.2. The van der Waals surface area contributed by atoms with E-state index < -0.39 is 8.07 Å². The maximum atomic E-state index is 2.68. The van der Waals surface area contributed by atoms with Gasteiger partial charge in [0.25, 0.3) is 0 Å². The number of hydrogen-bond acceptors (Lipinski definition) is 0. The Morgan fingerprint density at radius 3 is 1.56 bits per heavy atom. The molecule has 2 atom stereocenters. The van der Waals surface area contributed by atoms with Crippen LogP contribution in [-0.2, 0) is 10.8 Å². The van der Waals surface area contributed by atoms with Crippen molar-refractivity contribution in [3.05, 3.63) is 210 Å². The maximum absolute atomic E-state index is 2.68. The fraction of sp³-hybridized carbons (Fsp3) is 0.176. The van der Waals surface area contributed by atoms with Gasteiger partial charge in [-0.05, 0) is 95.0 Å². The molecule has 0 spiro atoms. The van der Waals surface area contributed by atoms with Gasteiger partial charge in [0.05, 0.1) is 5.41 Å². The lowest BCUT2D eigenvalue weighted by Gasteiger charge is -2.54. The van der Waals surface area contributed by atoms with Gasteiger partial charge in [-0.2, -0.15) is 0 Å². The van der Waals surface area contributed by atoms with Gasteiger partial charge in [0, 0.05) is 0 Å². The highest BCUT2D eigenvalue weighted by atomic mass is 28.3. The summed E-state index contributed by atoms with van der Waals surface area (Å²) >= 11 is 0. The zero-order chi connectivity index (χ0) is 35.0. The van der Waals surface area contributed by atoms with Gasteiger partial charge in [0.1, 0.15) is 0 Å². The number of fused-ring (bicyclic) bond motifs is 6. The fourth-order valence-electron chi connectivity index (χ4n) is 11.5. The predicted octanol–water partition coefficient (Wildman–Crippen LogP) is 10.8. The Morgan fingerprint density at radius 2 is 0.923 bits per heavy atom. The van der Waals surface area contributed by atoms with Crippen molar-refractivity contribution in [1.29, 1.82) is 0 Å². The van der Waals surface area contributed by atoms with Crippen LogP contribution < -0.4 is 15.6 Å². The van der Waals surface area contributed by atoms with E-state index in [-0.39, 0.29) is 15.9 Å². The zero-order valence-electron chi connectivity index (χ0n) is 30.1. The van der Waals surface area contributed by atoms with Crippen LogP contribution in [0.15, 0.2) is 182 Å². The van der Waals surface area contributed by atoms with Crippen LogP contribution in [0.5, 0.6) is 0 Å². The highest BCUT2D eigenvalue weighted by Gasteiger charge is 2.68. The molecule has 52 heavy (non-hydrogen) atoms. The molecule has 1 fully saturated rings. The standard InChI is InChI=1S/C51H44Si/c1-49-33-17-18-34-50(49,2)52(41-23-11-5-12-24-41,42-25-13-6-14-26-42)48-32-30-38(36-47(48)49)37-29-31-46-44(35-37)43-27-15-16-28-45(43)51(46,39-19-7-3-8-20-39)40-21-9-4-10-22-40/h3-16,19-32,35-36H,17-18,33-34H2,1-2H3. The molecule has 1 heteroatoms. The lowest BCUT2D eigenvalue weighted by molar-refractivity contribution is 0.241. The van der Waals surface area contributed by atoms with Crippen molar-refractivity contribution in [2.75, 3.05) is 0 Å². The first kappa shape index (κ1) is 31.5. The Hall–Kier alpha value is -5.24. The molecule has 252 valence electrons. The van der Waals surface area contributed by atoms with Gasteiger partial charge in [-0.15, -0.1) is 0 Å². The summed E-state index contributed by atoms with van der Waals surface area (Å²) in [5.74, 6) is 0. The quantitative estimate of drug-likeness (QED) is 0.158. The van der Waals surface area contributed by atoms with Crippen LogP contribution in [0, 0.1) is 0 Å². The molecule has 7 aromatic rings. The number of hydrogen-bond donors (Lipinski definition) is 0. The van der Waals surface area contributed by atoms with E-state index in [0.29, 0.717) is 0 Å². The topological polar surface area (TPSA) is 0 Å². The SMILES string of the molecule is CC12CCCCC1(C)[Si](c1ccccc1)(c1ccccc1)c1ccc(-c3ccc4c(c3)-c3ccccc3C4(c3ccccc3)c3ccccc3)cc12. The third-order valence-corrected chi connectivity index (χ3v) is 20.0. The molecule has 3 aliphatic rings. The highest BCUT2D eigenvalue weighted by molar-refractivity contribution is 7.14. The van der Waals surface area contributed by atoms with E-state index in [4.69, 9.17) is 0 Å².